The summed E-state index contributed by atoms with van der Waals surface area (Å²) < 4.78 is 1.19. The SMILES string of the molecule is Cc1cc(C(=O)N2CCC[C@@H]2CNC(=O)Cc2cccc3sccc23)nc(C)n1. The van der Waals surface area contributed by atoms with Crippen LogP contribution in [0.1, 0.15) is 40.4 Å². The molecule has 2 aromatic heterocycles. The van der Waals surface area contributed by atoms with Crippen molar-refractivity contribution in [2.45, 2.75) is 39.2 Å². The Kier molecular flexibility index (Phi) is 5.58. The molecule has 0 unspecified atom stereocenters. The summed E-state index contributed by atoms with van der Waals surface area (Å²) in [6.45, 7) is 4.81. The lowest BCUT2D eigenvalue weighted by Crippen LogP contribution is -2.43. The zero-order chi connectivity index (χ0) is 20.4. The molecule has 7 heteroatoms. The molecular formula is C22H24N4O2S. The van der Waals surface area contributed by atoms with E-state index in [-0.39, 0.29) is 17.9 Å². The first-order chi connectivity index (χ1) is 14.0. The van der Waals surface area contributed by atoms with E-state index in [0.29, 0.717) is 31.0 Å². The third-order valence-corrected chi connectivity index (χ3v) is 6.18. The number of carbonyl (C=O) groups excluding carboxylic acids is 2. The maximum absolute atomic E-state index is 12.9. The molecule has 150 valence electrons. The maximum Gasteiger partial charge on any atom is 0.272 e. The topological polar surface area (TPSA) is 75.2 Å². The Bertz CT molecular complexity index is 1040. The minimum Gasteiger partial charge on any atom is -0.354 e. The Morgan fingerprint density at radius 2 is 2.10 bits per heavy atom. The van der Waals surface area contributed by atoms with Crippen molar-refractivity contribution in [3.63, 3.8) is 0 Å². The number of thiophene rings is 1. The second-order valence-corrected chi connectivity index (χ2v) is 8.41. The number of carbonyl (C=O) groups is 2. The highest BCUT2D eigenvalue weighted by molar-refractivity contribution is 7.17. The summed E-state index contributed by atoms with van der Waals surface area (Å²) in [4.78, 5) is 35.9. The van der Waals surface area contributed by atoms with E-state index in [4.69, 9.17) is 0 Å². The Hall–Kier alpha value is -2.80. The second kappa shape index (κ2) is 8.29. The molecule has 6 nitrogen and oxygen atoms in total. The first kappa shape index (κ1) is 19.5. The van der Waals surface area contributed by atoms with Crippen molar-refractivity contribution in [1.29, 1.82) is 0 Å². The van der Waals surface area contributed by atoms with Crippen LogP contribution in [-0.2, 0) is 11.2 Å². The molecule has 3 heterocycles. The van der Waals surface area contributed by atoms with Gasteiger partial charge in [0.15, 0.2) is 0 Å². The number of nitrogens with zero attached hydrogens (tertiary/aromatic N) is 3. The monoisotopic (exact) mass is 408 g/mol. The maximum atomic E-state index is 12.9. The van der Waals surface area contributed by atoms with Crippen LogP contribution in [-0.4, -0.2) is 45.8 Å². The molecule has 1 atom stereocenters. The standard InChI is InChI=1S/C22H24N4O2S/c1-14-11-19(25-15(2)24-14)22(28)26-9-4-6-17(26)13-23-21(27)12-16-5-3-7-20-18(16)8-10-29-20/h3,5,7-8,10-11,17H,4,6,9,12-13H2,1-2H3,(H,23,27)/t17-/m1/s1. The molecule has 0 aliphatic carbocycles. The Balaban J connectivity index is 1.39. The zero-order valence-electron chi connectivity index (χ0n) is 16.6. The smallest absolute Gasteiger partial charge is 0.272 e. The van der Waals surface area contributed by atoms with Crippen molar-refractivity contribution >= 4 is 33.2 Å². The summed E-state index contributed by atoms with van der Waals surface area (Å²) in [5, 5.41) is 6.21. The molecule has 1 N–H and O–H groups in total. The lowest BCUT2D eigenvalue weighted by atomic mass is 10.1. The highest BCUT2D eigenvalue weighted by Crippen LogP contribution is 2.24. The van der Waals surface area contributed by atoms with Crippen LogP contribution in [0.25, 0.3) is 10.1 Å². The molecule has 1 aliphatic rings. The lowest BCUT2D eigenvalue weighted by Gasteiger charge is -2.25. The fourth-order valence-electron chi connectivity index (χ4n) is 3.97. The number of likely N-dealkylation sites (tertiary alicyclic amines) is 1. The fraction of sp³-hybridized carbons (Fsp3) is 0.364. The highest BCUT2D eigenvalue weighted by Gasteiger charge is 2.30. The second-order valence-electron chi connectivity index (χ2n) is 7.47. The molecule has 29 heavy (non-hydrogen) atoms. The van der Waals surface area contributed by atoms with Crippen LogP contribution in [0.3, 0.4) is 0 Å². The molecule has 0 saturated carbocycles. The summed E-state index contributed by atoms with van der Waals surface area (Å²) in [5.41, 5.74) is 2.25. The van der Waals surface area contributed by atoms with Gasteiger partial charge in [-0.2, -0.15) is 0 Å². The molecule has 1 fully saturated rings. The van der Waals surface area contributed by atoms with E-state index in [1.807, 2.05) is 29.3 Å². The van der Waals surface area contributed by atoms with Gasteiger partial charge < -0.3 is 10.2 Å². The van der Waals surface area contributed by atoms with Crippen LogP contribution in [0.5, 0.6) is 0 Å². The van der Waals surface area contributed by atoms with E-state index in [1.165, 1.54) is 4.70 Å². The van der Waals surface area contributed by atoms with E-state index in [9.17, 15) is 9.59 Å². The predicted molar refractivity (Wildman–Crippen MR) is 114 cm³/mol. The number of fused-ring (bicyclic) bond motifs is 1. The van der Waals surface area contributed by atoms with Crippen LogP contribution in [0.4, 0.5) is 0 Å². The molecule has 3 aromatic rings. The van der Waals surface area contributed by atoms with Gasteiger partial charge in [0.25, 0.3) is 5.91 Å². The van der Waals surface area contributed by atoms with Crippen molar-refractivity contribution in [2.75, 3.05) is 13.1 Å². The first-order valence-corrected chi connectivity index (χ1v) is 10.7. The molecule has 1 aliphatic heterocycles. The quantitative estimate of drug-likeness (QED) is 0.703. The average Bonchev–Trinajstić information content (AvgIpc) is 3.35. The molecule has 4 rings (SSSR count). The van der Waals surface area contributed by atoms with Gasteiger partial charge in [-0.05, 0) is 61.2 Å². The van der Waals surface area contributed by atoms with Gasteiger partial charge in [0, 0.05) is 29.5 Å². The predicted octanol–water partition coefficient (Wildman–Crippen LogP) is 3.27. The van der Waals surface area contributed by atoms with Gasteiger partial charge in [0.1, 0.15) is 11.5 Å². The van der Waals surface area contributed by atoms with Crippen LogP contribution in [0, 0.1) is 13.8 Å². The fourth-order valence-corrected chi connectivity index (χ4v) is 4.80. The third kappa shape index (κ3) is 4.29. The molecule has 0 bridgehead atoms. The van der Waals surface area contributed by atoms with Crippen molar-refractivity contribution < 1.29 is 9.59 Å². The molecule has 2 amide bonds. The van der Waals surface area contributed by atoms with Gasteiger partial charge in [0.2, 0.25) is 5.91 Å². The first-order valence-electron chi connectivity index (χ1n) is 9.86. The van der Waals surface area contributed by atoms with Gasteiger partial charge in [-0.25, -0.2) is 9.97 Å². The van der Waals surface area contributed by atoms with Gasteiger partial charge in [-0.3, -0.25) is 9.59 Å². The van der Waals surface area contributed by atoms with E-state index >= 15 is 0 Å². The van der Waals surface area contributed by atoms with E-state index in [0.717, 1.165) is 29.5 Å². The zero-order valence-corrected chi connectivity index (χ0v) is 17.5. The Labute approximate surface area is 174 Å². The van der Waals surface area contributed by atoms with Crippen molar-refractivity contribution in [1.82, 2.24) is 20.2 Å². The van der Waals surface area contributed by atoms with Gasteiger partial charge >= 0.3 is 0 Å². The summed E-state index contributed by atoms with van der Waals surface area (Å²) >= 11 is 1.68. The number of rotatable bonds is 5. The van der Waals surface area contributed by atoms with Crippen molar-refractivity contribution in [2.24, 2.45) is 0 Å². The normalized spacial score (nSPS) is 16.3. The van der Waals surface area contributed by atoms with Crippen LogP contribution in [0.2, 0.25) is 0 Å². The minimum atomic E-state index is -0.0848. The largest absolute Gasteiger partial charge is 0.354 e. The van der Waals surface area contributed by atoms with E-state index < -0.39 is 0 Å². The number of aryl methyl sites for hydroxylation is 2. The Morgan fingerprint density at radius 3 is 2.93 bits per heavy atom. The van der Waals surface area contributed by atoms with E-state index in [1.54, 1.807) is 24.3 Å². The van der Waals surface area contributed by atoms with E-state index in [2.05, 4.69) is 27.4 Å². The van der Waals surface area contributed by atoms with Crippen molar-refractivity contribution in [3.05, 3.63) is 58.5 Å². The summed E-state index contributed by atoms with van der Waals surface area (Å²) in [5.74, 6) is 0.495. The number of hydrogen-bond donors (Lipinski definition) is 1. The van der Waals surface area contributed by atoms with Gasteiger partial charge in [-0.15, -0.1) is 11.3 Å². The minimum absolute atomic E-state index is 0.000956. The number of benzene rings is 1. The summed E-state index contributed by atoms with van der Waals surface area (Å²) in [6.07, 6.45) is 2.16. The summed E-state index contributed by atoms with van der Waals surface area (Å²) in [7, 11) is 0. The number of aromatic nitrogens is 2. The van der Waals surface area contributed by atoms with Crippen molar-refractivity contribution in [3.8, 4) is 0 Å². The molecule has 1 aromatic carbocycles. The molecule has 0 radical (unpaired) electrons. The number of amides is 2. The van der Waals surface area contributed by atoms with Gasteiger partial charge in [-0.1, -0.05) is 12.1 Å². The van der Waals surface area contributed by atoms with Crippen LogP contribution >= 0.6 is 11.3 Å². The Morgan fingerprint density at radius 1 is 1.24 bits per heavy atom. The summed E-state index contributed by atoms with van der Waals surface area (Å²) in [6, 6.07) is 9.85. The van der Waals surface area contributed by atoms with Crippen LogP contribution in [0.15, 0.2) is 35.7 Å². The number of hydrogen-bond acceptors (Lipinski definition) is 5. The molecule has 1 saturated heterocycles. The highest BCUT2D eigenvalue weighted by atomic mass is 32.1. The number of nitrogens with one attached hydrogen (secondary N) is 1. The lowest BCUT2D eigenvalue weighted by molar-refractivity contribution is -0.120. The average molecular weight is 409 g/mol. The molecular weight excluding hydrogens is 384 g/mol. The third-order valence-electron chi connectivity index (χ3n) is 5.30. The molecule has 0 spiro atoms. The van der Waals surface area contributed by atoms with Gasteiger partial charge in [0.05, 0.1) is 6.42 Å². The van der Waals surface area contributed by atoms with Crippen LogP contribution < -0.4 is 5.32 Å².